The van der Waals surface area contributed by atoms with Crippen molar-refractivity contribution < 1.29 is 14.8 Å². The highest BCUT2D eigenvalue weighted by atomic mass is 32.2. The second-order valence-electron chi connectivity index (χ2n) is 4.82. The molecule has 0 fully saturated rings. The van der Waals surface area contributed by atoms with Gasteiger partial charge in [0.1, 0.15) is 0 Å². The number of aliphatic hydroxyl groups excluding tert-OH is 1. The molecule has 0 heterocycles. The van der Waals surface area contributed by atoms with E-state index in [1.165, 1.54) is 24.3 Å². The Morgan fingerprint density at radius 1 is 1.14 bits per heavy atom. The molecule has 0 saturated heterocycles. The molecule has 0 aromatic heterocycles. The van der Waals surface area contributed by atoms with Crippen molar-refractivity contribution in [1.82, 2.24) is 0 Å². The Bertz CT molecular complexity index is 658. The number of carbonyl (C=O) groups is 1. The van der Waals surface area contributed by atoms with Crippen molar-refractivity contribution in [2.75, 3.05) is 0 Å². The van der Waals surface area contributed by atoms with E-state index < -0.39 is 16.9 Å². The highest BCUT2D eigenvalue weighted by molar-refractivity contribution is 8.13. The number of nitro groups is 1. The van der Waals surface area contributed by atoms with Gasteiger partial charge in [0.15, 0.2) is 5.12 Å². The molecule has 0 bridgehead atoms. The minimum Gasteiger partial charge on any atom is -0.388 e. The Balaban J connectivity index is 2.03. The number of thioether (sulfide) groups is 1. The van der Waals surface area contributed by atoms with Gasteiger partial charge in [-0.15, -0.1) is 0 Å². The van der Waals surface area contributed by atoms with Crippen molar-refractivity contribution in [2.24, 2.45) is 5.92 Å². The molecular formula is C16H15NO4S. The predicted octanol–water partition coefficient (Wildman–Crippen LogP) is 3.58. The average molecular weight is 317 g/mol. The van der Waals surface area contributed by atoms with Crippen LogP contribution in [0, 0.1) is 16.0 Å². The fourth-order valence-corrected chi connectivity index (χ4v) is 2.73. The van der Waals surface area contributed by atoms with E-state index in [1.54, 1.807) is 31.2 Å². The second-order valence-corrected chi connectivity index (χ2v) is 5.89. The van der Waals surface area contributed by atoms with E-state index in [1.807, 2.05) is 6.07 Å². The summed E-state index contributed by atoms with van der Waals surface area (Å²) >= 11 is 0.974. The molecule has 2 rings (SSSR count). The van der Waals surface area contributed by atoms with Gasteiger partial charge in [-0.3, -0.25) is 14.9 Å². The molecule has 5 nitrogen and oxygen atoms in total. The first-order chi connectivity index (χ1) is 10.5. The van der Waals surface area contributed by atoms with Crippen LogP contribution in [0.1, 0.15) is 18.6 Å². The van der Waals surface area contributed by atoms with Crippen molar-refractivity contribution in [1.29, 1.82) is 0 Å². The maximum Gasteiger partial charge on any atom is 0.269 e. The van der Waals surface area contributed by atoms with Crippen molar-refractivity contribution in [2.45, 2.75) is 17.9 Å². The summed E-state index contributed by atoms with van der Waals surface area (Å²) in [6, 6.07) is 14.8. The minimum absolute atomic E-state index is 0.0193. The van der Waals surface area contributed by atoms with Gasteiger partial charge >= 0.3 is 0 Å². The standard InChI is InChI=1S/C16H15NO4S/c1-11(15(18)12-5-3-2-4-6-12)16(19)22-14-9-7-13(8-10-14)17(20)21/h2-11,15,18H,1H3/t11-,15-/m0/s1. The fraction of sp³-hybridized carbons (Fsp3) is 0.188. The summed E-state index contributed by atoms with van der Waals surface area (Å²) < 4.78 is 0. The first-order valence-corrected chi connectivity index (χ1v) is 7.50. The third-order valence-electron chi connectivity index (χ3n) is 3.25. The summed E-state index contributed by atoms with van der Waals surface area (Å²) in [5, 5.41) is 20.6. The van der Waals surface area contributed by atoms with Crippen LogP contribution >= 0.6 is 11.8 Å². The van der Waals surface area contributed by atoms with Crippen molar-refractivity contribution in [3.63, 3.8) is 0 Å². The molecule has 2 aromatic rings. The molecule has 0 amide bonds. The quantitative estimate of drug-likeness (QED) is 0.518. The SMILES string of the molecule is C[C@H](C(=O)Sc1ccc([N+](=O)[O-])cc1)[C@H](O)c1ccccc1. The summed E-state index contributed by atoms with van der Waals surface area (Å²) in [6.07, 6.45) is -0.876. The molecule has 2 aromatic carbocycles. The molecule has 0 radical (unpaired) electrons. The number of hydrogen-bond acceptors (Lipinski definition) is 5. The van der Waals surface area contributed by atoms with Crippen LogP contribution in [0.25, 0.3) is 0 Å². The third kappa shape index (κ3) is 3.93. The Morgan fingerprint density at radius 3 is 2.27 bits per heavy atom. The maximum absolute atomic E-state index is 12.2. The van der Waals surface area contributed by atoms with Crippen molar-refractivity contribution >= 4 is 22.6 Å². The molecule has 2 atom stereocenters. The first-order valence-electron chi connectivity index (χ1n) is 6.68. The highest BCUT2D eigenvalue weighted by Crippen LogP contribution is 2.30. The van der Waals surface area contributed by atoms with Gasteiger partial charge in [-0.05, 0) is 17.7 Å². The van der Waals surface area contributed by atoms with Crippen LogP contribution in [0.5, 0.6) is 0 Å². The molecule has 0 spiro atoms. The minimum atomic E-state index is -0.876. The number of nitro benzene ring substituents is 1. The van der Waals surface area contributed by atoms with Gasteiger partial charge in [0.2, 0.25) is 0 Å². The fourth-order valence-electron chi connectivity index (χ4n) is 1.91. The Kier molecular flexibility index (Phi) is 5.30. The van der Waals surface area contributed by atoms with Gasteiger partial charge in [-0.1, -0.05) is 49.0 Å². The molecule has 114 valence electrons. The predicted molar refractivity (Wildman–Crippen MR) is 84.5 cm³/mol. The summed E-state index contributed by atoms with van der Waals surface area (Å²) in [7, 11) is 0. The largest absolute Gasteiger partial charge is 0.388 e. The van der Waals surface area contributed by atoms with Gasteiger partial charge in [0.25, 0.3) is 5.69 Å². The number of non-ortho nitro benzene ring substituents is 1. The number of carbonyl (C=O) groups excluding carboxylic acids is 1. The van der Waals surface area contributed by atoms with Crippen LogP contribution in [0.3, 0.4) is 0 Å². The zero-order chi connectivity index (χ0) is 16.1. The summed E-state index contributed by atoms with van der Waals surface area (Å²) in [5.41, 5.74) is 0.668. The number of aliphatic hydroxyl groups is 1. The lowest BCUT2D eigenvalue weighted by molar-refractivity contribution is -0.384. The van der Waals surface area contributed by atoms with Crippen molar-refractivity contribution in [3.8, 4) is 0 Å². The molecule has 0 aliphatic carbocycles. The normalized spacial score (nSPS) is 13.4. The zero-order valence-corrected chi connectivity index (χ0v) is 12.7. The van der Waals surface area contributed by atoms with E-state index in [0.29, 0.717) is 10.5 Å². The first kappa shape index (κ1) is 16.2. The summed E-state index contributed by atoms with van der Waals surface area (Å²) in [6.45, 7) is 1.67. The molecular weight excluding hydrogens is 302 g/mol. The lowest BCUT2D eigenvalue weighted by atomic mass is 9.99. The molecule has 1 N–H and O–H groups in total. The van der Waals surface area contributed by atoms with Gasteiger partial charge in [-0.25, -0.2) is 0 Å². The van der Waals surface area contributed by atoms with E-state index >= 15 is 0 Å². The van der Waals surface area contributed by atoms with Crippen LogP contribution in [0.4, 0.5) is 5.69 Å². The van der Waals surface area contributed by atoms with E-state index in [9.17, 15) is 20.0 Å². The van der Waals surface area contributed by atoms with Gasteiger partial charge in [0, 0.05) is 17.0 Å². The van der Waals surface area contributed by atoms with Crippen LogP contribution in [-0.2, 0) is 4.79 Å². The highest BCUT2D eigenvalue weighted by Gasteiger charge is 2.24. The van der Waals surface area contributed by atoms with Crippen LogP contribution in [-0.4, -0.2) is 15.1 Å². The van der Waals surface area contributed by atoms with Gasteiger partial charge < -0.3 is 5.11 Å². The summed E-state index contributed by atoms with van der Waals surface area (Å²) in [5.74, 6) is -0.581. The molecule has 22 heavy (non-hydrogen) atoms. The van der Waals surface area contributed by atoms with Gasteiger partial charge in [0.05, 0.1) is 16.9 Å². The lowest BCUT2D eigenvalue weighted by Crippen LogP contribution is -2.16. The third-order valence-corrected chi connectivity index (χ3v) is 4.33. The molecule has 0 aliphatic heterocycles. The van der Waals surface area contributed by atoms with Crippen molar-refractivity contribution in [3.05, 3.63) is 70.3 Å². The van der Waals surface area contributed by atoms with Crippen LogP contribution in [0.2, 0.25) is 0 Å². The van der Waals surface area contributed by atoms with E-state index in [4.69, 9.17) is 0 Å². The van der Waals surface area contributed by atoms with E-state index in [0.717, 1.165) is 11.8 Å². The second kappa shape index (κ2) is 7.20. The lowest BCUT2D eigenvalue weighted by Gasteiger charge is -2.17. The molecule has 0 saturated carbocycles. The van der Waals surface area contributed by atoms with Crippen LogP contribution in [0.15, 0.2) is 59.5 Å². The number of hydrogen-bond donors (Lipinski definition) is 1. The average Bonchev–Trinajstić information content (AvgIpc) is 2.54. The Labute approximate surface area is 132 Å². The van der Waals surface area contributed by atoms with E-state index in [-0.39, 0.29) is 10.8 Å². The molecule has 0 unspecified atom stereocenters. The number of benzene rings is 2. The van der Waals surface area contributed by atoms with Gasteiger partial charge in [-0.2, -0.15) is 0 Å². The molecule has 0 aliphatic rings. The zero-order valence-electron chi connectivity index (χ0n) is 11.9. The Morgan fingerprint density at radius 2 is 1.73 bits per heavy atom. The van der Waals surface area contributed by atoms with E-state index in [2.05, 4.69) is 0 Å². The smallest absolute Gasteiger partial charge is 0.269 e. The Hall–Kier alpha value is -2.18. The summed E-state index contributed by atoms with van der Waals surface area (Å²) in [4.78, 5) is 22.9. The number of nitrogens with zero attached hydrogens (tertiary/aromatic N) is 1. The monoisotopic (exact) mass is 317 g/mol. The topological polar surface area (TPSA) is 80.4 Å². The molecule has 6 heteroatoms. The maximum atomic E-state index is 12.2. The number of rotatable bonds is 5. The van der Waals surface area contributed by atoms with Crippen LogP contribution < -0.4 is 0 Å².